The number of nitrogens with one attached hydrogen (secondary N) is 1. The summed E-state index contributed by atoms with van der Waals surface area (Å²) >= 11 is 7.99. The Morgan fingerprint density at radius 1 is 1.25 bits per heavy atom. The molecule has 1 aliphatic rings. The number of nitrogens with zero attached hydrogens (tertiary/aromatic N) is 3. The molecule has 1 aromatic heterocycles. The van der Waals surface area contributed by atoms with Gasteiger partial charge in [0.05, 0.1) is 18.2 Å². The van der Waals surface area contributed by atoms with Crippen molar-refractivity contribution in [3.63, 3.8) is 0 Å². The first-order valence-corrected chi connectivity index (χ1v) is 13.6. The highest BCUT2D eigenvalue weighted by molar-refractivity contribution is 8.01. The number of benzene rings is 1. The van der Waals surface area contributed by atoms with E-state index in [9.17, 15) is 9.59 Å². The predicted molar refractivity (Wildman–Crippen MR) is 144 cm³/mol. The highest BCUT2D eigenvalue weighted by Crippen LogP contribution is 2.38. The zero-order chi connectivity index (χ0) is 26.5. The van der Waals surface area contributed by atoms with Gasteiger partial charge in [0.25, 0.3) is 5.91 Å². The number of β-lactam (4-membered cyclic amide) rings is 1. The smallest absolute Gasteiger partial charge is 0.257 e. The SMILES string of the molecule is CCN(CC)CCOCCN1C(=O)[C@@H](NC(=O)c2c(-c3ccccc3Cl)noc2C)[C@H]1SC(C)(C)C. The molecule has 1 aromatic carbocycles. The van der Waals surface area contributed by atoms with Crippen LogP contribution >= 0.6 is 23.4 Å². The van der Waals surface area contributed by atoms with E-state index in [2.05, 4.69) is 50.0 Å². The number of carbonyl (C=O) groups is 2. The first-order valence-electron chi connectivity index (χ1n) is 12.4. The summed E-state index contributed by atoms with van der Waals surface area (Å²) in [5.74, 6) is -0.157. The zero-order valence-electron chi connectivity index (χ0n) is 22.0. The van der Waals surface area contributed by atoms with Crippen LogP contribution in [0, 0.1) is 6.92 Å². The normalized spacial score (nSPS) is 18.0. The van der Waals surface area contributed by atoms with Gasteiger partial charge in [0.2, 0.25) is 5.91 Å². The number of thioether (sulfide) groups is 1. The molecule has 36 heavy (non-hydrogen) atoms. The maximum absolute atomic E-state index is 13.4. The second-order valence-corrected chi connectivity index (χ2v) is 12.0. The summed E-state index contributed by atoms with van der Waals surface area (Å²) < 4.78 is 11.0. The summed E-state index contributed by atoms with van der Waals surface area (Å²) in [7, 11) is 0. The average molecular weight is 537 g/mol. The van der Waals surface area contributed by atoms with E-state index in [4.69, 9.17) is 20.9 Å². The van der Waals surface area contributed by atoms with E-state index in [0.29, 0.717) is 41.8 Å². The fraction of sp³-hybridized carbons (Fsp3) is 0.577. The third-order valence-corrected chi connectivity index (χ3v) is 7.85. The van der Waals surface area contributed by atoms with Gasteiger partial charge < -0.3 is 24.4 Å². The van der Waals surface area contributed by atoms with Crippen molar-refractivity contribution in [2.45, 2.75) is 57.7 Å². The maximum atomic E-state index is 13.4. The Balaban J connectivity index is 1.68. The lowest BCUT2D eigenvalue weighted by molar-refractivity contribution is -0.146. The van der Waals surface area contributed by atoms with Crippen molar-refractivity contribution < 1.29 is 18.8 Å². The number of aromatic nitrogens is 1. The van der Waals surface area contributed by atoms with Gasteiger partial charge >= 0.3 is 0 Å². The molecular formula is C26H37ClN4O4S. The van der Waals surface area contributed by atoms with Crippen LogP contribution in [0.25, 0.3) is 11.3 Å². The van der Waals surface area contributed by atoms with E-state index < -0.39 is 11.9 Å². The van der Waals surface area contributed by atoms with Gasteiger partial charge in [-0.1, -0.05) is 69.6 Å². The number of hydrogen-bond donors (Lipinski definition) is 1. The highest BCUT2D eigenvalue weighted by atomic mass is 35.5. The minimum absolute atomic E-state index is 0.105. The molecule has 2 aromatic rings. The van der Waals surface area contributed by atoms with Crippen LogP contribution in [-0.4, -0.2) is 82.3 Å². The number of likely N-dealkylation sites (N-methyl/N-ethyl adjacent to an activating group) is 1. The van der Waals surface area contributed by atoms with Crippen molar-refractivity contribution in [1.82, 2.24) is 20.3 Å². The lowest BCUT2D eigenvalue weighted by Crippen LogP contribution is -2.70. The molecule has 0 radical (unpaired) electrons. The Morgan fingerprint density at radius 2 is 1.94 bits per heavy atom. The molecule has 1 saturated heterocycles. The minimum atomic E-state index is -0.647. The lowest BCUT2D eigenvalue weighted by Gasteiger charge is -2.48. The summed E-state index contributed by atoms with van der Waals surface area (Å²) in [6.07, 6.45) is 0. The van der Waals surface area contributed by atoms with Gasteiger partial charge in [-0.15, -0.1) is 11.8 Å². The van der Waals surface area contributed by atoms with Crippen LogP contribution in [0.2, 0.25) is 5.02 Å². The number of aryl methyl sites for hydroxylation is 1. The molecule has 198 valence electrons. The summed E-state index contributed by atoms with van der Waals surface area (Å²) in [6.45, 7) is 16.6. The quantitative estimate of drug-likeness (QED) is 0.316. The number of rotatable bonds is 12. The second-order valence-electron chi connectivity index (χ2n) is 9.69. The van der Waals surface area contributed by atoms with Crippen molar-refractivity contribution in [2.24, 2.45) is 0 Å². The number of likely N-dealkylation sites (tertiary alicyclic amines) is 1. The Hall–Kier alpha value is -2.07. The average Bonchev–Trinajstić information content (AvgIpc) is 3.22. The van der Waals surface area contributed by atoms with Gasteiger partial charge in [-0.3, -0.25) is 9.59 Å². The van der Waals surface area contributed by atoms with Crippen LogP contribution in [0.1, 0.15) is 50.7 Å². The van der Waals surface area contributed by atoms with E-state index in [0.717, 1.165) is 19.6 Å². The number of hydrogen-bond acceptors (Lipinski definition) is 7. The Kier molecular flexibility index (Phi) is 9.86. The fourth-order valence-electron chi connectivity index (χ4n) is 4.08. The van der Waals surface area contributed by atoms with E-state index >= 15 is 0 Å². The van der Waals surface area contributed by atoms with E-state index in [1.807, 2.05) is 12.1 Å². The summed E-state index contributed by atoms with van der Waals surface area (Å²) in [5.41, 5.74) is 1.25. The number of carbonyl (C=O) groups excluding carboxylic acids is 2. The molecule has 1 fully saturated rings. The van der Waals surface area contributed by atoms with E-state index in [1.54, 1.807) is 35.7 Å². The molecule has 3 rings (SSSR count). The van der Waals surface area contributed by atoms with Crippen LogP contribution in [0.5, 0.6) is 0 Å². The molecule has 1 N–H and O–H groups in total. The van der Waals surface area contributed by atoms with E-state index in [-0.39, 0.29) is 21.6 Å². The molecule has 0 unspecified atom stereocenters. The Bertz CT molecular complexity index is 1050. The lowest BCUT2D eigenvalue weighted by atomic mass is 10.0. The third kappa shape index (κ3) is 6.82. The summed E-state index contributed by atoms with van der Waals surface area (Å²) in [4.78, 5) is 30.5. The largest absolute Gasteiger partial charge is 0.378 e. The van der Waals surface area contributed by atoms with Crippen LogP contribution in [0.3, 0.4) is 0 Å². The topological polar surface area (TPSA) is 87.9 Å². The van der Waals surface area contributed by atoms with Crippen molar-refractivity contribution in [1.29, 1.82) is 0 Å². The standard InChI is InChI=1S/C26H37ClN4O4S/c1-7-30(8-2)13-15-34-16-14-31-24(33)22(25(31)36-26(4,5)6)28-23(32)20-17(3)35-29-21(20)18-11-9-10-12-19(18)27/h9-12,22,25H,7-8,13-16H2,1-6H3,(H,28,32)/t22-,25-/m1/s1. The van der Waals surface area contributed by atoms with Gasteiger partial charge in [-0.2, -0.15) is 0 Å². The van der Waals surface area contributed by atoms with Crippen LogP contribution in [-0.2, 0) is 9.53 Å². The highest BCUT2D eigenvalue weighted by Gasteiger charge is 2.50. The Labute approximate surface area is 223 Å². The van der Waals surface area contributed by atoms with Crippen molar-refractivity contribution in [3.05, 3.63) is 40.6 Å². The fourth-order valence-corrected chi connectivity index (χ4v) is 5.68. The molecule has 2 heterocycles. The molecule has 10 heteroatoms. The number of ether oxygens (including phenoxy) is 1. The van der Waals surface area contributed by atoms with Gasteiger partial charge in [0.15, 0.2) is 0 Å². The van der Waals surface area contributed by atoms with Crippen LogP contribution in [0.15, 0.2) is 28.8 Å². The first-order chi connectivity index (χ1) is 17.1. The van der Waals surface area contributed by atoms with Crippen molar-refractivity contribution in [3.8, 4) is 11.3 Å². The van der Waals surface area contributed by atoms with Gasteiger partial charge in [-0.05, 0) is 26.1 Å². The molecule has 2 atom stereocenters. The molecule has 8 nitrogen and oxygen atoms in total. The van der Waals surface area contributed by atoms with Gasteiger partial charge in [0.1, 0.15) is 28.4 Å². The summed E-state index contributed by atoms with van der Waals surface area (Å²) in [6, 6.07) is 6.49. The molecule has 0 bridgehead atoms. The van der Waals surface area contributed by atoms with Gasteiger partial charge in [0, 0.05) is 23.4 Å². The molecule has 0 saturated carbocycles. The monoisotopic (exact) mass is 536 g/mol. The number of halogens is 1. The third-order valence-electron chi connectivity index (χ3n) is 6.04. The molecule has 0 aliphatic carbocycles. The van der Waals surface area contributed by atoms with Gasteiger partial charge in [-0.25, -0.2) is 0 Å². The zero-order valence-corrected chi connectivity index (χ0v) is 23.5. The Morgan fingerprint density at radius 3 is 2.58 bits per heavy atom. The van der Waals surface area contributed by atoms with Crippen molar-refractivity contribution in [2.75, 3.05) is 39.4 Å². The van der Waals surface area contributed by atoms with Crippen LogP contribution < -0.4 is 5.32 Å². The number of amides is 2. The van der Waals surface area contributed by atoms with Crippen LogP contribution in [0.4, 0.5) is 0 Å². The molecule has 0 spiro atoms. The first kappa shape index (κ1) is 28.5. The summed E-state index contributed by atoms with van der Waals surface area (Å²) in [5, 5.41) is 7.27. The van der Waals surface area contributed by atoms with Crippen molar-refractivity contribution >= 4 is 35.2 Å². The maximum Gasteiger partial charge on any atom is 0.257 e. The minimum Gasteiger partial charge on any atom is -0.378 e. The molecule has 2 amide bonds. The molecule has 1 aliphatic heterocycles. The second kappa shape index (κ2) is 12.4. The molecular weight excluding hydrogens is 500 g/mol. The predicted octanol–water partition coefficient (Wildman–Crippen LogP) is 4.46. The van der Waals surface area contributed by atoms with E-state index in [1.165, 1.54) is 0 Å².